The third-order valence-electron chi connectivity index (χ3n) is 5.43. The highest BCUT2D eigenvalue weighted by atomic mass is 32.2. The molecule has 2 aliphatic rings. The molecule has 2 heterocycles. The second-order valence-electron chi connectivity index (χ2n) is 7.66. The number of hydrogen-bond donors (Lipinski definition) is 0. The molecule has 26 heavy (non-hydrogen) atoms. The predicted octanol–water partition coefficient (Wildman–Crippen LogP) is 1.81. The molecule has 0 unspecified atom stereocenters. The molecular weight excluding hydrogens is 352 g/mol. The first-order chi connectivity index (χ1) is 12.2. The molecule has 2 fully saturated rings. The monoisotopic (exact) mass is 378 g/mol. The van der Waals surface area contributed by atoms with E-state index < -0.39 is 15.8 Å². The van der Waals surface area contributed by atoms with Crippen LogP contribution in [0, 0.1) is 5.92 Å². The fraction of sp³-hybridized carbons (Fsp3) is 0.579. The normalized spacial score (nSPS) is 25.1. The number of rotatable bonds is 4. The molecular formula is C19H26N2O4S. The number of carbonyl (C=O) groups excluding carboxylic acids is 2. The second kappa shape index (κ2) is 7.02. The van der Waals surface area contributed by atoms with E-state index in [4.69, 9.17) is 0 Å². The third kappa shape index (κ3) is 3.77. The molecule has 2 atom stereocenters. The average Bonchev–Trinajstić information content (AvgIpc) is 3.16. The summed E-state index contributed by atoms with van der Waals surface area (Å²) in [5.74, 6) is -0.0954. The lowest BCUT2D eigenvalue weighted by Crippen LogP contribution is -2.42. The van der Waals surface area contributed by atoms with Gasteiger partial charge < -0.3 is 9.80 Å². The minimum Gasteiger partial charge on any atom is -0.341 e. The fourth-order valence-electron chi connectivity index (χ4n) is 3.72. The van der Waals surface area contributed by atoms with Gasteiger partial charge in [0.05, 0.1) is 17.4 Å². The molecule has 0 bridgehead atoms. The molecule has 2 aliphatic heterocycles. The van der Waals surface area contributed by atoms with Crippen molar-refractivity contribution in [1.29, 1.82) is 0 Å². The Morgan fingerprint density at radius 3 is 2.65 bits per heavy atom. The highest BCUT2D eigenvalue weighted by Crippen LogP contribution is 2.29. The smallest absolute Gasteiger partial charge is 0.228 e. The average molecular weight is 378 g/mol. The first-order valence-corrected chi connectivity index (χ1v) is 10.9. The molecule has 1 aromatic carbocycles. The van der Waals surface area contributed by atoms with E-state index in [1.807, 2.05) is 24.3 Å². The van der Waals surface area contributed by atoms with Crippen LogP contribution in [0.1, 0.15) is 38.2 Å². The maximum absolute atomic E-state index is 12.8. The van der Waals surface area contributed by atoms with Gasteiger partial charge in [0, 0.05) is 31.7 Å². The van der Waals surface area contributed by atoms with E-state index in [1.54, 1.807) is 11.9 Å². The summed E-state index contributed by atoms with van der Waals surface area (Å²) in [6.07, 6.45) is 0.653. The summed E-state index contributed by atoms with van der Waals surface area (Å²) >= 11 is 0. The fourth-order valence-corrected chi connectivity index (χ4v) is 5.50. The van der Waals surface area contributed by atoms with Crippen molar-refractivity contribution in [3.05, 3.63) is 29.8 Å². The van der Waals surface area contributed by atoms with Crippen molar-refractivity contribution in [2.45, 2.75) is 38.6 Å². The molecule has 2 saturated heterocycles. The molecule has 2 amide bonds. The zero-order valence-corrected chi connectivity index (χ0v) is 16.3. The molecule has 7 heteroatoms. The molecule has 142 valence electrons. The summed E-state index contributed by atoms with van der Waals surface area (Å²) < 4.78 is 23.3. The van der Waals surface area contributed by atoms with Crippen molar-refractivity contribution in [1.82, 2.24) is 4.90 Å². The van der Waals surface area contributed by atoms with Gasteiger partial charge in [-0.15, -0.1) is 0 Å². The van der Waals surface area contributed by atoms with Gasteiger partial charge in [0.1, 0.15) is 0 Å². The van der Waals surface area contributed by atoms with Gasteiger partial charge in [-0.1, -0.05) is 26.0 Å². The third-order valence-corrected chi connectivity index (χ3v) is 7.18. The summed E-state index contributed by atoms with van der Waals surface area (Å²) in [7, 11) is -1.39. The van der Waals surface area contributed by atoms with Gasteiger partial charge in [0.15, 0.2) is 9.84 Å². The van der Waals surface area contributed by atoms with Crippen LogP contribution in [0.2, 0.25) is 0 Å². The Morgan fingerprint density at radius 1 is 1.31 bits per heavy atom. The standard InChI is InChI=1S/C19H26N2O4S/c1-13(2)14-5-4-6-16(9-14)21-11-15(10-18(21)22)19(23)20(3)17-7-8-26(24,25)12-17/h4-6,9,13,15,17H,7-8,10-12H2,1-3H3/t15-,17+/m0/s1. The number of amides is 2. The zero-order chi connectivity index (χ0) is 19.1. The van der Waals surface area contributed by atoms with E-state index in [1.165, 1.54) is 4.90 Å². The SMILES string of the molecule is CC(C)c1cccc(N2C[C@@H](C(=O)N(C)[C@@H]3CCS(=O)(=O)C3)CC2=O)c1. The van der Waals surface area contributed by atoms with Crippen LogP contribution in [0.4, 0.5) is 5.69 Å². The highest BCUT2D eigenvalue weighted by Gasteiger charge is 2.40. The maximum Gasteiger partial charge on any atom is 0.228 e. The van der Waals surface area contributed by atoms with Crippen molar-refractivity contribution < 1.29 is 18.0 Å². The van der Waals surface area contributed by atoms with Gasteiger partial charge in [-0.3, -0.25) is 9.59 Å². The van der Waals surface area contributed by atoms with Crippen LogP contribution in [0.25, 0.3) is 0 Å². The van der Waals surface area contributed by atoms with Crippen molar-refractivity contribution in [3.63, 3.8) is 0 Å². The van der Waals surface area contributed by atoms with Crippen molar-refractivity contribution in [2.75, 3.05) is 30.0 Å². The van der Waals surface area contributed by atoms with E-state index in [9.17, 15) is 18.0 Å². The molecule has 0 saturated carbocycles. The van der Waals surface area contributed by atoms with E-state index in [0.29, 0.717) is 18.9 Å². The van der Waals surface area contributed by atoms with Gasteiger partial charge >= 0.3 is 0 Å². The second-order valence-corrected chi connectivity index (χ2v) is 9.89. The zero-order valence-electron chi connectivity index (χ0n) is 15.5. The maximum atomic E-state index is 12.8. The lowest BCUT2D eigenvalue weighted by Gasteiger charge is -2.26. The highest BCUT2D eigenvalue weighted by molar-refractivity contribution is 7.91. The lowest BCUT2D eigenvalue weighted by atomic mass is 10.0. The van der Waals surface area contributed by atoms with Crippen LogP contribution in [0.15, 0.2) is 24.3 Å². The van der Waals surface area contributed by atoms with Gasteiger partial charge in [-0.05, 0) is 30.0 Å². The van der Waals surface area contributed by atoms with Gasteiger partial charge in [0.25, 0.3) is 0 Å². The van der Waals surface area contributed by atoms with Gasteiger partial charge in [-0.2, -0.15) is 0 Å². The van der Waals surface area contributed by atoms with Gasteiger partial charge in [0.2, 0.25) is 11.8 Å². The number of anilines is 1. The Balaban J connectivity index is 1.71. The lowest BCUT2D eigenvalue weighted by molar-refractivity contribution is -0.136. The van der Waals surface area contributed by atoms with Crippen LogP contribution in [0.5, 0.6) is 0 Å². The molecule has 0 aliphatic carbocycles. The Kier molecular flexibility index (Phi) is 5.10. The van der Waals surface area contributed by atoms with Crippen LogP contribution in [-0.2, 0) is 19.4 Å². The van der Waals surface area contributed by atoms with Crippen LogP contribution in [-0.4, -0.2) is 56.3 Å². The Morgan fingerprint density at radius 2 is 2.04 bits per heavy atom. The molecule has 0 N–H and O–H groups in total. The topological polar surface area (TPSA) is 74.8 Å². The molecule has 0 spiro atoms. The molecule has 1 aromatic rings. The predicted molar refractivity (Wildman–Crippen MR) is 101 cm³/mol. The van der Waals surface area contributed by atoms with Crippen molar-refractivity contribution >= 4 is 27.3 Å². The minimum atomic E-state index is -3.05. The quantitative estimate of drug-likeness (QED) is 0.801. The summed E-state index contributed by atoms with van der Waals surface area (Å²) in [5, 5.41) is 0. The minimum absolute atomic E-state index is 0.0239. The molecule has 0 radical (unpaired) electrons. The summed E-state index contributed by atoms with van der Waals surface area (Å²) in [4.78, 5) is 28.5. The molecule has 3 rings (SSSR count). The first kappa shape index (κ1) is 18.9. The Hall–Kier alpha value is -1.89. The van der Waals surface area contributed by atoms with Crippen molar-refractivity contribution in [2.24, 2.45) is 5.92 Å². The number of carbonyl (C=O) groups is 2. The Labute approximate surface area is 155 Å². The summed E-state index contributed by atoms with van der Waals surface area (Å²) in [6, 6.07) is 7.59. The summed E-state index contributed by atoms with van der Waals surface area (Å²) in [6.45, 7) is 4.55. The largest absolute Gasteiger partial charge is 0.341 e. The van der Waals surface area contributed by atoms with E-state index in [0.717, 1.165) is 11.3 Å². The number of nitrogens with zero attached hydrogens (tertiary/aromatic N) is 2. The molecule has 6 nitrogen and oxygen atoms in total. The van der Waals surface area contributed by atoms with E-state index in [-0.39, 0.29) is 35.8 Å². The van der Waals surface area contributed by atoms with Crippen LogP contribution in [0.3, 0.4) is 0 Å². The summed E-state index contributed by atoms with van der Waals surface area (Å²) in [5.41, 5.74) is 1.97. The van der Waals surface area contributed by atoms with Crippen molar-refractivity contribution in [3.8, 4) is 0 Å². The first-order valence-electron chi connectivity index (χ1n) is 9.05. The van der Waals surface area contributed by atoms with E-state index in [2.05, 4.69) is 13.8 Å². The Bertz CT molecular complexity index is 819. The van der Waals surface area contributed by atoms with E-state index >= 15 is 0 Å². The van der Waals surface area contributed by atoms with Gasteiger partial charge in [-0.25, -0.2) is 8.42 Å². The molecule has 0 aromatic heterocycles. The number of sulfone groups is 1. The van der Waals surface area contributed by atoms with Crippen LogP contribution < -0.4 is 4.90 Å². The number of benzene rings is 1. The number of hydrogen-bond acceptors (Lipinski definition) is 4. The van der Waals surface area contributed by atoms with Crippen LogP contribution >= 0.6 is 0 Å².